The summed E-state index contributed by atoms with van der Waals surface area (Å²) in [6.07, 6.45) is 4.43. The molecule has 0 atom stereocenters. The van der Waals surface area contributed by atoms with Crippen molar-refractivity contribution in [3.05, 3.63) is 83.2 Å². The van der Waals surface area contributed by atoms with Crippen LogP contribution in [0.15, 0.2) is 60.9 Å². The minimum Gasteiger partial charge on any atom is -0.478 e. The lowest BCUT2D eigenvalue weighted by molar-refractivity contribution is 0.0696. The van der Waals surface area contributed by atoms with Crippen molar-refractivity contribution < 1.29 is 9.90 Å². The Hall–Kier alpha value is -3.78. The van der Waals surface area contributed by atoms with Crippen LogP contribution in [0, 0.1) is 6.92 Å². The topological polar surface area (TPSA) is 91.2 Å². The number of carboxylic acids is 1. The van der Waals surface area contributed by atoms with Gasteiger partial charge in [0.1, 0.15) is 11.6 Å². The van der Waals surface area contributed by atoms with Gasteiger partial charge in [0, 0.05) is 25.5 Å². The van der Waals surface area contributed by atoms with Gasteiger partial charge in [-0.15, -0.1) is 0 Å². The van der Waals surface area contributed by atoms with Crippen LogP contribution in [0.5, 0.6) is 0 Å². The van der Waals surface area contributed by atoms with Crippen molar-refractivity contribution in [3.63, 3.8) is 0 Å². The van der Waals surface area contributed by atoms with E-state index in [4.69, 9.17) is 4.98 Å². The second-order valence-corrected chi connectivity index (χ2v) is 8.73. The third kappa shape index (κ3) is 4.17. The van der Waals surface area contributed by atoms with Gasteiger partial charge in [0.15, 0.2) is 5.13 Å². The molecule has 1 aliphatic heterocycles. The van der Waals surface area contributed by atoms with E-state index in [2.05, 4.69) is 20.2 Å². The number of hydrogen-bond donors (Lipinski definition) is 2. The minimum absolute atomic E-state index is 0.342. The van der Waals surface area contributed by atoms with E-state index in [1.165, 1.54) is 0 Å². The molecule has 1 aromatic carbocycles. The first-order valence-corrected chi connectivity index (χ1v) is 11.1. The Morgan fingerprint density at radius 1 is 1.09 bits per heavy atom. The summed E-state index contributed by atoms with van der Waals surface area (Å²) < 4.78 is 0. The van der Waals surface area contributed by atoms with Crippen molar-refractivity contribution in [2.45, 2.75) is 19.9 Å². The number of aryl methyl sites for hydroxylation is 1. The summed E-state index contributed by atoms with van der Waals surface area (Å²) in [6.45, 7) is 3.55. The lowest BCUT2D eigenvalue weighted by Crippen LogP contribution is -2.30. The molecule has 160 valence electrons. The van der Waals surface area contributed by atoms with E-state index < -0.39 is 5.97 Å². The molecule has 4 heterocycles. The van der Waals surface area contributed by atoms with Gasteiger partial charge in [-0.3, -0.25) is 0 Å². The highest BCUT2D eigenvalue weighted by atomic mass is 32.1. The van der Waals surface area contributed by atoms with Crippen molar-refractivity contribution >= 4 is 34.1 Å². The van der Waals surface area contributed by atoms with E-state index in [0.717, 1.165) is 63.5 Å². The average molecular weight is 444 g/mol. The van der Waals surface area contributed by atoms with Crippen molar-refractivity contribution in [3.8, 4) is 10.6 Å². The highest BCUT2D eigenvalue weighted by Crippen LogP contribution is 2.33. The molecule has 0 fully saturated rings. The number of pyridine rings is 2. The lowest BCUT2D eigenvalue weighted by atomic mass is 9.97. The molecule has 0 unspecified atom stereocenters. The van der Waals surface area contributed by atoms with Crippen molar-refractivity contribution in [2.75, 3.05) is 16.8 Å². The zero-order valence-electron chi connectivity index (χ0n) is 17.4. The van der Waals surface area contributed by atoms with E-state index >= 15 is 0 Å². The average Bonchev–Trinajstić information content (AvgIpc) is 3.29. The Bertz CT molecular complexity index is 1300. The normalized spacial score (nSPS) is 13.0. The highest BCUT2D eigenvalue weighted by Gasteiger charge is 2.20. The van der Waals surface area contributed by atoms with Crippen LogP contribution in [0.2, 0.25) is 0 Å². The zero-order chi connectivity index (χ0) is 22.1. The van der Waals surface area contributed by atoms with E-state index in [1.54, 1.807) is 29.7 Å². The van der Waals surface area contributed by atoms with E-state index in [-0.39, 0.29) is 0 Å². The van der Waals surface area contributed by atoms with Crippen LogP contribution < -0.4 is 10.2 Å². The summed E-state index contributed by atoms with van der Waals surface area (Å²) in [5.41, 5.74) is 4.58. The first-order chi connectivity index (χ1) is 15.5. The largest absolute Gasteiger partial charge is 0.478 e. The maximum atomic E-state index is 11.2. The predicted molar refractivity (Wildman–Crippen MR) is 126 cm³/mol. The molecule has 7 nitrogen and oxygen atoms in total. The molecule has 0 saturated carbocycles. The summed E-state index contributed by atoms with van der Waals surface area (Å²) in [7, 11) is 0. The number of hydrogen-bond acceptors (Lipinski definition) is 7. The van der Waals surface area contributed by atoms with E-state index in [1.807, 2.05) is 49.5 Å². The molecule has 8 heteroatoms. The molecule has 3 aromatic heterocycles. The number of nitrogens with one attached hydrogen (secondary N) is 1. The molecule has 0 bridgehead atoms. The first-order valence-electron chi connectivity index (χ1n) is 10.3. The number of nitrogens with zero attached hydrogens (tertiary/aromatic N) is 4. The summed E-state index contributed by atoms with van der Waals surface area (Å²) in [4.78, 5) is 28.2. The fraction of sp³-hybridized carbons (Fsp3) is 0.167. The van der Waals surface area contributed by atoms with Crippen LogP contribution in [0.4, 0.5) is 16.8 Å². The zero-order valence-corrected chi connectivity index (χ0v) is 18.3. The monoisotopic (exact) mass is 443 g/mol. The lowest BCUT2D eigenvalue weighted by Gasteiger charge is -2.28. The summed E-state index contributed by atoms with van der Waals surface area (Å²) in [5, 5.41) is 13.4. The van der Waals surface area contributed by atoms with Gasteiger partial charge in [0.05, 0.1) is 16.1 Å². The molecule has 0 amide bonds. The Morgan fingerprint density at radius 2 is 2.00 bits per heavy atom. The standard InChI is InChI=1S/C24H21N5O2S/c1-15-7-9-25-22(11-15)28-21-4-2-3-19(27-21)20-13-26-24(32-20)29-10-8-16-12-17(23(30)31)5-6-18(16)14-29/h2-7,9,11-13H,8,10,14H2,1H3,(H,30,31)(H,25,27,28). The van der Waals surface area contributed by atoms with Crippen molar-refractivity contribution in [2.24, 2.45) is 0 Å². The van der Waals surface area contributed by atoms with Crippen LogP contribution >= 0.6 is 11.3 Å². The van der Waals surface area contributed by atoms with Gasteiger partial charge in [0.25, 0.3) is 0 Å². The maximum absolute atomic E-state index is 11.2. The molecular weight excluding hydrogens is 422 g/mol. The number of fused-ring (bicyclic) bond motifs is 1. The molecule has 32 heavy (non-hydrogen) atoms. The Balaban J connectivity index is 1.33. The van der Waals surface area contributed by atoms with Crippen LogP contribution in [0.3, 0.4) is 0 Å². The van der Waals surface area contributed by atoms with Crippen LogP contribution in [-0.4, -0.2) is 32.6 Å². The van der Waals surface area contributed by atoms with E-state index in [9.17, 15) is 9.90 Å². The molecule has 1 aliphatic rings. The molecule has 0 saturated heterocycles. The molecule has 4 aromatic rings. The predicted octanol–water partition coefficient (Wildman–Crippen LogP) is 4.91. The number of carboxylic acid groups (broad SMARTS) is 1. The van der Waals surface area contributed by atoms with Crippen LogP contribution in [-0.2, 0) is 13.0 Å². The van der Waals surface area contributed by atoms with Gasteiger partial charge in [-0.2, -0.15) is 0 Å². The second-order valence-electron chi connectivity index (χ2n) is 7.72. The van der Waals surface area contributed by atoms with Gasteiger partial charge in [-0.25, -0.2) is 19.7 Å². The van der Waals surface area contributed by atoms with Gasteiger partial charge >= 0.3 is 5.97 Å². The molecule has 5 rings (SSSR count). The van der Waals surface area contributed by atoms with Gasteiger partial charge in [0.2, 0.25) is 0 Å². The minimum atomic E-state index is -0.887. The Morgan fingerprint density at radius 3 is 2.84 bits per heavy atom. The quantitative estimate of drug-likeness (QED) is 0.453. The second kappa shape index (κ2) is 8.39. The van der Waals surface area contributed by atoms with Crippen LogP contribution in [0.1, 0.15) is 27.0 Å². The van der Waals surface area contributed by atoms with Crippen molar-refractivity contribution in [1.82, 2.24) is 15.0 Å². The molecular formula is C24H21N5O2S. The smallest absolute Gasteiger partial charge is 0.335 e. The molecule has 0 aliphatic carbocycles. The highest BCUT2D eigenvalue weighted by molar-refractivity contribution is 7.18. The molecule has 0 radical (unpaired) electrons. The molecule has 2 N–H and O–H groups in total. The molecule has 0 spiro atoms. The van der Waals surface area contributed by atoms with Crippen LogP contribution in [0.25, 0.3) is 10.6 Å². The number of thiazole rings is 1. The summed E-state index contributed by atoms with van der Waals surface area (Å²) in [5.74, 6) is 0.608. The van der Waals surface area contributed by atoms with E-state index in [0.29, 0.717) is 5.56 Å². The number of carbonyl (C=O) groups is 1. The third-order valence-corrected chi connectivity index (χ3v) is 6.48. The summed E-state index contributed by atoms with van der Waals surface area (Å²) in [6, 6.07) is 15.2. The number of anilines is 3. The Labute approximate surface area is 189 Å². The fourth-order valence-electron chi connectivity index (χ4n) is 3.76. The summed E-state index contributed by atoms with van der Waals surface area (Å²) >= 11 is 1.61. The fourth-order valence-corrected chi connectivity index (χ4v) is 4.67. The van der Waals surface area contributed by atoms with Crippen molar-refractivity contribution in [1.29, 1.82) is 0 Å². The number of aromatic carboxylic acids is 1. The Kier molecular flexibility index (Phi) is 5.28. The number of rotatable bonds is 5. The first kappa shape index (κ1) is 20.1. The van der Waals surface area contributed by atoms with Gasteiger partial charge in [-0.1, -0.05) is 23.5 Å². The number of benzene rings is 1. The maximum Gasteiger partial charge on any atom is 0.335 e. The van der Waals surface area contributed by atoms with Gasteiger partial charge in [-0.05, 0) is 66.4 Å². The van der Waals surface area contributed by atoms with Gasteiger partial charge < -0.3 is 15.3 Å². The SMILES string of the molecule is Cc1ccnc(Nc2cccc(-c3cnc(N4CCc5cc(C(=O)O)ccc5C4)s3)n2)c1. The number of aromatic nitrogens is 3. The third-order valence-electron chi connectivity index (χ3n) is 5.40.